The minimum atomic E-state index is 0.834. The Morgan fingerprint density at radius 1 is 1.26 bits per heavy atom. The molecule has 1 N–H and O–H groups in total. The molecule has 0 spiro atoms. The topological polar surface area (TPSA) is 37.8 Å². The molecule has 0 unspecified atom stereocenters. The molecule has 1 saturated carbocycles. The van der Waals surface area contributed by atoms with Crippen LogP contribution >= 0.6 is 11.8 Å². The molecule has 3 nitrogen and oxygen atoms in total. The minimum Gasteiger partial charge on any atom is -0.370 e. The minimum absolute atomic E-state index is 0.834. The van der Waals surface area contributed by atoms with Crippen LogP contribution in [0, 0.1) is 0 Å². The van der Waals surface area contributed by atoms with E-state index in [1.165, 1.54) is 31.4 Å². The van der Waals surface area contributed by atoms with Gasteiger partial charge in [-0.1, -0.05) is 26.2 Å². The summed E-state index contributed by atoms with van der Waals surface area (Å²) in [7, 11) is 0. The number of hydrogen-bond acceptors (Lipinski definition) is 4. The largest absolute Gasteiger partial charge is 0.370 e. The number of thioether (sulfide) groups is 1. The molecule has 19 heavy (non-hydrogen) atoms. The van der Waals surface area contributed by atoms with Crippen molar-refractivity contribution in [1.82, 2.24) is 9.97 Å². The number of aryl methyl sites for hydroxylation is 1. The Morgan fingerprint density at radius 3 is 2.74 bits per heavy atom. The Bertz CT molecular complexity index is 365. The lowest BCUT2D eigenvalue weighted by Crippen LogP contribution is -2.06. The maximum Gasteiger partial charge on any atom is 0.140 e. The van der Waals surface area contributed by atoms with Crippen molar-refractivity contribution in [1.29, 1.82) is 0 Å². The first kappa shape index (κ1) is 14.6. The molecule has 0 radical (unpaired) electrons. The van der Waals surface area contributed by atoms with Crippen LogP contribution in [0.3, 0.4) is 0 Å². The van der Waals surface area contributed by atoms with Crippen molar-refractivity contribution >= 4 is 17.6 Å². The van der Waals surface area contributed by atoms with Crippen LogP contribution in [0.4, 0.5) is 5.82 Å². The second-order valence-corrected chi connectivity index (χ2v) is 6.45. The van der Waals surface area contributed by atoms with Crippen LogP contribution in [0.5, 0.6) is 0 Å². The molecule has 1 aliphatic rings. The average molecular weight is 279 g/mol. The van der Waals surface area contributed by atoms with Crippen molar-refractivity contribution in [2.75, 3.05) is 11.9 Å². The molecule has 0 aliphatic heterocycles. The third-order valence-electron chi connectivity index (χ3n) is 3.44. The zero-order valence-electron chi connectivity index (χ0n) is 12.1. The van der Waals surface area contributed by atoms with Gasteiger partial charge in [-0.15, -0.1) is 0 Å². The van der Waals surface area contributed by atoms with E-state index in [9.17, 15) is 0 Å². The van der Waals surface area contributed by atoms with E-state index in [-0.39, 0.29) is 0 Å². The number of rotatable bonds is 7. The summed E-state index contributed by atoms with van der Waals surface area (Å²) in [4.78, 5) is 9.32. The van der Waals surface area contributed by atoms with Crippen LogP contribution in [0.2, 0.25) is 0 Å². The molecule has 0 atom stereocenters. The summed E-state index contributed by atoms with van der Waals surface area (Å²) in [6.45, 7) is 5.22. The van der Waals surface area contributed by atoms with Gasteiger partial charge in [0.1, 0.15) is 11.6 Å². The number of nitrogens with one attached hydrogen (secondary N) is 1. The normalized spacial score (nSPS) is 15.9. The number of anilines is 1. The quantitative estimate of drug-likeness (QED) is 0.817. The Kier molecular flexibility index (Phi) is 5.95. The van der Waals surface area contributed by atoms with Crippen LogP contribution in [0.15, 0.2) is 6.07 Å². The maximum absolute atomic E-state index is 4.69. The highest BCUT2D eigenvalue weighted by Crippen LogP contribution is 2.31. The fourth-order valence-corrected chi connectivity index (χ4v) is 3.70. The molecule has 0 bridgehead atoms. The zero-order chi connectivity index (χ0) is 13.5. The first-order valence-electron chi connectivity index (χ1n) is 7.54. The van der Waals surface area contributed by atoms with Gasteiger partial charge < -0.3 is 5.32 Å². The lowest BCUT2D eigenvalue weighted by Gasteiger charge is -2.11. The van der Waals surface area contributed by atoms with Crippen molar-refractivity contribution in [3.63, 3.8) is 0 Å². The summed E-state index contributed by atoms with van der Waals surface area (Å²) in [6.07, 6.45) is 7.73. The molecule has 0 amide bonds. The highest BCUT2D eigenvalue weighted by Gasteiger charge is 2.16. The van der Waals surface area contributed by atoms with Crippen LogP contribution < -0.4 is 5.32 Å². The summed E-state index contributed by atoms with van der Waals surface area (Å²) >= 11 is 2.04. The van der Waals surface area contributed by atoms with E-state index in [1.54, 1.807) is 0 Å². The van der Waals surface area contributed by atoms with Gasteiger partial charge >= 0.3 is 0 Å². The van der Waals surface area contributed by atoms with Crippen molar-refractivity contribution in [2.24, 2.45) is 0 Å². The highest BCUT2D eigenvalue weighted by molar-refractivity contribution is 7.99. The Balaban J connectivity index is 1.99. The fourth-order valence-electron chi connectivity index (χ4n) is 2.52. The molecule has 0 aromatic carbocycles. The SMILES string of the molecule is CCCc1cc(NCC)nc(CSC2CCCC2)n1. The summed E-state index contributed by atoms with van der Waals surface area (Å²) in [5.74, 6) is 2.95. The van der Waals surface area contributed by atoms with Gasteiger partial charge in [-0.3, -0.25) is 0 Å². The number of nitrogens with zero attached hydrogens (tertiary/aromatic N) is 2. The number of aromatic nitrogens is 2. The lowest BCUT2D eigenvalue weighted by atomic mass is 10.2. The molecule has 1 fully saturated rings. The van der Waals surface area contributed by atoms with E-state index in [1.807, 2.05) is 11.8 Å². The summed E-state index contributed by atoms with van der Waals surface area (Å²) in [6, 6.07) is 2.09. The third-order valence-corrected chi connectivity index (χ3v) is 4.81. The number of hydrogen-bond donors (Lipinski definition) is 1. The summed E-state index contributed by atoms with van der Waals surface area (Å²) in [5, 5.41) is 4.15. The van der Waals surface area contributed by atoms with Crippen LogP contribution in [-0.4, -0.2) is 21.8 Å². The fraction of sp³-hybridized carbons (Fsp3) is 0.733. The van der Waals surface area contributed by atoms with Crippen molar-refractivity contribution in [3.05, 3.63) is 17.6 Å². The summed E-state index contributed by atoms with van der Waals surface area (Å²) in [5.41, 5.74) is 1.18. The first-order valence-corrected chi connectivity index (χ1v) is 8.59. The molecule has 1 aromatic heterocycles. The lowest BCUT2D eigenvalue weighted by molar-refractivity contribution is 0.850. The van der Waals surface area contributed by atoms with E-state index in [0.29, 0.717) is 0 Å². The van der Waals surface area contributed by atoms with E-state index in [2.05, 4.69) is 30.2 Å². The molecule has 1 aliphatic carbocycles. The Hall–Kier alpha value is -0.770. The van der Waals surface area contributed by atoms with Gasteiger partial charge in [-0.2, -0.15) is 11.8 Å². The van der Waals surface area contributed by atoms with E-state index >= 15 is 0 Å². The van der Waals surface area contributed by atoms with Gasteiger partial charge in [0.2, 0.25) is 0 Å². The molecule has 0 saturated heterocycles. The molecule has 1 aromatic rings. The first-order chi connectivity index (χ1) is 9.31. The maximum atomic E-state index is 4.69. The molecule has 106 valence electrons. The van der Waals surface area contributed by atoms with Crippen molar-refractivity contribution in [2.45, 2.75) is 63.4 Å². The zero-order valence-corrected chi connectivity index (χ0v) is 12.9. The molecule has 2 rings (SSSR count). The molecular formula is C15H25N3S. The standard InChI is InChI=1S/C15H25N3S/c1-3-7-12-10-14(16-4-2)18-15(17-12)11-19-13-8-5-6-9-13/h10,13H,3-9,11H2,1-2H3,(H,16,17,18). The molecule has 4 heteroatoms. The smallest absolute Gasteiger partial charge is 0.140 e. The van der Waals surface area contributed by atoms with E-state index < -0.39 is 0 Å². The van der Waals surface area contributed by atoms with Crippen molar-refractivity contribution < 1.29 is 0 Å². The van der Waals surface area contributed by atoms with Crippen LogP contribution in [0.25, 0.3) is 0 Å². The highest BCUT2D eigenvalue weighted by atomic mass is 32.2. The van der Waals surface area contributed by atoms with Gasteiger partial charge in [-0.25, -0.2) is 9.97 Å². The second kappa shape index (κ2) is 7.73. The second-order valence-electron chi connectivity index (χ2n) is 5.16. The Morgan fingerprint density at radius 2 is 2.05 bits per heavy atom. The predicted molar refractivity (Wildman–Crippen MR) is 83.7 cm³/mol. The van der Waals surface area contributed by atoms with Gasteiger partial charge in [-0.05, 0) is 26.2 Å². The van der Waals surface area contributed by atoms with Gasteiger partial charge in [0, 0.05) is 23.6 Å². The van der Waals surface area contributed by atoms with Crippen LogP contribution in [0.1, 0.15) is 57.5 Å². The van der Waals surface area contributed by atoms with E-state index in [0.717, 1.165) is 42.0 Å². The average Bonchev–Trinajstić information content (AvgIpc) is 2.90. The molecule has 1 heterocycles. The van der Waals surface area contributed by atoms with E-state index in [4.69, 9.17) is 4.98 Å². The summed E-state index contributed by atoms with van der Waals surface area (Å²) < 4.78 is 0. The van der Waals surface area contributed by atoms with Crippen LogP contribution in [-0.2, 0) is 12.2 Å². The van der Waals surface area contributed by atoms with Gasteiger partial charge in [0.05, 0.1) is 5.75 Å². The third kappa shape index (κ3) is 4.68. The predicted octanol–water partition coefficient (Wildman–Crippen LogP) is 4.04. The van der Waals surface area contributed by atoms with Gasteiger partial charge in [0.25, 0.3) is 0 Å². The van der Waals surface area contributed by atoms with Gasteiger partial charge in [0.15, 0.2) is 0 Å². The monoisotopic (exact) mass is 279 g/mol. The molecular weight excluding hydrogens is 254 g/mol. The Labute approximate surface area is 121 Å². The van der Waals surface area contributed by atoms with Crippen molar-refractivity contribution in [3.8, 4) is 0 Å².